The molecule has 1 aliphatic heterocycles. The van der Waals surface area contributed by atoms with E-state index in [1.165, 1.54) is 18.9 Å². The van der Waals surface area contributed by atoms with Crippen LogP contribution in [0, 0.1) is 18.2 Å². The number of rotatable bonds is 4. The number of amides is 1. The number of benzene rings is 1. The van der Waals surface area contributed by atoms with Crippen molar-refractivity contribution in [2.45, 2.75) is 65.0 Å². The highest BCUT2D eigenvalue weighted by Gasteiger charge is 2.40. The van der Waals surface area contributed by atoms with Gasteiger partial charge in [0.05, 0.1) is 6.54 Å². The summed E-state index contributed by atoms with van der Waals surface area (Å²) < 4.78 is 19.4. The lowest BCUT2D eigenvalue weighted by molar-refractivity contribution is -0.132. The van der Waals surface area contributed by atoms with Crippen molar-refractivity contribution < 1.29 is 19.0 Å². The summed E-state index contributed by atoms with van der Waals surface area (Å²) in [6, 6.07) is 5.01. The van der Waals surface area contributed by atoms with Crippen molar-refractivity contribution >= 4 is 5.91 Å². The lowest BCUT2D eigenvalue weighted by Crippen LogP contribution is -2.53. The van der Waals surface area contributed by atoms with Crippen molar-refractivity contribution in [3.63, 3.8) is 0 Å². The summed E-state index contributed by atoms with van der Waals surface area (Å²) in [5, 5.41) is 11.4. The number of hydrogen-bond donors (Lipinski definition) is 1. The largest absolute Gasteiger partial charge is 0.490 e. The van der Waals surface area contributed by atoms with Gasteiger partial charge in [0.1, 0.15) is 23.8 Å². The number of aryl methyl sites for hydroxylation is 1. The van der Waals surface area contributed by atoms with Crippen LogP contribution < -0.4 is 4.74 Å². The Hall–Kier alpha value is -1.66. The molecule has 6 heteroatoms. The minimum absolute atomic E-state index is 0.0346. The van der Waals surface area contributed by atoms with E-state index in [0.29, 0.717) is 35.9 Å². The number of halogens is 1. The van der Waals surface area contributed by atoms with Gasteiger partial charge in [0, 0.05) is 32.6 Å². The highest BCUT2D eigenvalue weighted by molar-refractivity contribution is 5.73. The molecule has 1 amide bonds. The maximum atomic E-state index is 13.5. The molecule has 1 saturated heterocycles. The third-order valence-electron chi connectivity index (χ3n) is 6.55. The van der Waals surface area contributed by atoms with Crippen LogP contribution in [0.25, 0.3) is 0 Å². The van der Waals surface area contributed by atoms with Gasteiger partial charge in [-0.25, -0.2) is 4.39 Å². The Balaban J connectivity index is 1.72. The second-order valence-electron chi connectivity index (χ2n) is 9.73. The van der Waals surface area contributed by atoms with E-state index in [0.717, 1.165) is 19.4 Å². The van der Waals surface area contributed by atoms with Crippen molar-refractivity contribution in [2.75, 3.05) is 32.8 Å². The Labute approximate surface area is 173 Å². The minimum Gasteiger partial charge on any atom is -0.490 e. The van der Waals surface area contributed by atoms with Crippen molar-refractivity contribution in [3.8, 4) is 5.75 Å². The molecule has 29 heavy (non-hydrogen) atoms. The molecule has 1 aliphatic carbocycles. The number of β-amino-alcohol motifs (C(OH)–C–C–N with tert-alkyl or cyclic N) is 1. The molecule has 2 aliphatic rings. The Morgan fingerprint density at radius 3 is 2.55 bits per heavy atom. The summed E-state index contributed by atoms with van der Waals surface area (Å²) >= 11 is 0. The first-order valence-corrected chi connectivity index (χ1v) is 10.7. The summed E-state index contributed by atoms with van der Waals surface area (Å²) in [5.74, 6) is 0.217. The number of nitrogens with zero attached hydrogens (tertiary/aromatic N) is 2. The Kier molecular flexibility index (Phi) is 6.54. The molecule has 1 N–H and O–H groups in total. The van der Waals surface area contributed by atoms with Gasteiger partial charge in [-0.05, 0) is 61.8 Å². The van der Waals surface area contributed by atoms with Gasteiger partial charge in [-0.15, -0.1) is 0 Å². The summed E-state index contributed by atoms with van der Waals surface area (Å²) in [5.41, 5.74) is -0.280. The highest BCUT2D eigenvalue weighted by atomic mass is 19.1. The van der Waals surface area contributed by atoms with Crippen LogP contribution in [-0.4, -0.2) is 65.2 Å². The summed E-state index contributed by atoms with van der Waals surface area (Å²) in [4.78, 5) is 16.1. The van der Waals surface area contributed by atoms with Gasteiger partial charge in [-0.3, -0.25) is 9.69 Å². The zero-order valence-electron chi connectivity index (χ0n) is 18.2. The van der Waals surface area contributed by atoms with Gasteiger partial charge < -0.3 is 14.7 Å². The van der Waals surface area contributed by atoms with E-state index in [-0.39, 0.29) is 24.9 Å². The number of hydrogen-bond acceptors (Lipinski definition) is 4. The smallest absolute Gasteiger partial charge is 0.219 e. The topological polar surface area (TPSA) is 53.0 Å². The average Bonchev–Trinajstić information content (AvgIpc) is 2.83. The first-order chi connectivity index (χ1) is 13.6. The van der Waals surface area contributed by atoms with Crippen LogP contribution in [-0.2, 0) is 4.79 Å². The maximum Gasteiger partial charge on any atom is 0.219 e. The SMILES string of the molecule is CC(=O)N1CCN(C2CCC(C)(C)CC2)C[C@@](O)(COc2ccc(F)c(C)c2)C1. The molecule has 1 saturated carbocycles. The molecule has 0 spiro atoms. The summed E-state index contributed by atoms with van der Waals surface area (Å²) in [6.07, 6.45) is 4.57. The first kappa shape index (κ1) is 22.0. The van der Waals surface area contributed by atoms with Crippen molar-refractivity contribution in [1.29, 1.82) is 0 Å². The minimum atomic E-state index is -1.17. The summed E-state index contributed by atoms with van der Waals surface area (Å²) in [6.45, 7) is 10.0. The van der Waals surface area contributed by atoms with Gasteiger partial charge in [0.2, 0.25) is 5.91 Å². The van der Waals surface area contributed by atoms with Crippen LogP contribution in [0.15, 0.2) is 18.2 Å². The van der Waals surface area contributed by atoms with Gasteiger partial charge in [0.15, 0.2) is 0 Å². The third kappa shape index (κ3) is 5.70. The third-order valence-corrected chi connectivity index (χ3v) is 6.55. The lowest BCUT2D eigenvalue weighted by Gasteiger charge is -2.41. The van der Waals surface area contributed by atoms with Crippen molar-refractivity contribution in [1.82, 2.24) is 9.80 Å². The fourth-order valence-electron chi connectivity index (χ4n) is 4.54. The molecule has 0 unspecified atom stereocenters. The van der Waals surface area contributed by atoms with Crippen LogP contribution in [0.4, 0.5) is 4.39 Å². The molecular formula is C23H35FN2O3. The predicted octanol–water partition coefficient (Wildman–Crippen LogP) is 3.38. The van der Waals surface area contributed by atoms with Crippen LogP contribution >= 0.6 is 0 Å². The van der Waals surface area contributed by atoms with Gasteiger partial charge in [0.25, 0.3) is 0 Å². The van der Waals surface area contributed by atoms with Crippen molar-refractivity contribution in [2.24, 2.45) is 5.41 Å². The van der Waals surface area contributed by atoms with Gasteiger partial charge >= 0.3 is 0 Å². The normalized spacial score (nSPS) is 26.2. The Bertz CT molecular complexity index is 729. The quantitative estimate of drug-likeness (QED) is 0.833. The standard InChI is InChI=1S/C23H35FN2O3/c1-17-13-20(5-6-21(17)24)29-16-23(28)14-25(18(2)27)11-12-26(15-23)19-7-9-22(3,4)10-8-19/h5-6,13,19,28H,7-12,14-16H2,1-4H3/t23-/m1/s1. The second kappa shape index (κ2) is 8.60. The van der Waals surface area contributed by atoms with Crippen LogP contribution in [0.3, 0.4) is 0 Å². The molecule has 162 valence electrons. The first-order valence-electron chi connectivity index (χ1n) is 10.7. The van der Waals surface area contributed by atoms with Gasteiger partial charge in [-0.1, -0.05) is 13.8 Å². The fraction of sp³-hybridized carbons (Fsp3) is 0.696. The van der Waals surface area contributed by atoms with Crippen LogP contribution in [0.2, 0.25) is 0 Å². The van der Waals surface area contributed by atoms with Gasteiger partial charge in [-0.2, -0.15) is 0 Å². The molecule has 1 heterocycles. The summed E-state index contributed by atoms with van der Waals surface area (Å²) in [7, 11) is 0. The molecule has 0 bridgehead atoms. The number of aliphatic hydroxyl groups is 1. The number of ether oxygens (including phenoxy) is 1. The second-order valence-corrected chi connectivity index (χ2v) is 9.73. The molecule has 1 aromatic rings. The Morgan fingerprint density at radius 1 is 1.24 bits per heavy atom. The highest BCUT2D eigenvalue weighted by Crippen LogP contribution is 2.37. The zero-order valence-corrected chi connectivity index (χ0v) is 18.2. The molecule has 3 rings (SSSR count). The van der Waals surface area contributed by atoms with E-state index in [9.17, 15) is 14.3 Å². The molecule has 1 aromatic carbocycles. The predicted molar refractivity (Wildman–Crippen MR) is 111 cm³/mol. The van der Waals surface area contributed by atoms with Crippen molar-refractivity contribution in [3.05, 3.63) is 29.6 Å². The van der Waals surface area contributed by atoms with E-state index in [4.69, 9.17) is 4.74 Å². The molecular weight excluding hydrogens is 371 g/mol. The van der Waals surface area contributed by atoms with E-state index < -0.39 is 5.60 Å². The van der Waals surface area contributed by atoms with E-state index in [1.807, 2.05) is 0 Å². The monoisotopic (exact) mass is 406 g/mol. The Morgan fingerprint density at radius 2 is 1.93 bits per heavy atom. The molecule has 1 atom stereocenters. The number of carbonyl (C=O) groups is 1. The lowest BCUT2D eigenvalue weighted by atomic mass is 9.75. The molecule has 0 aromatic heterocycles. The maximum absolute atomic E-state index is 13.5. The average molecular weight is 407 g/mol. The molecule has 2 fully saturated rings. The number of carbonyl (C=O) groups excluding carboxylic acids is 1. The zero-order chi connectivity index (χ0) is 21.2. The fourth-order valence-corrected chi connectivity index (χ4v) is 4.54. The van der Waals surface area contributed by atoms with E-state index >= 15 is 0 Å². The van der Waals surface area contributed by atoms with E-state index in [2.05, 4.69) is 18.7 Å². The molecule has 5 nitrogen and oxygen atoms in total. The van der Waals surface area contributed by atoms with Crippen LogP contribution in [0.1, 0.15) is 52.0 Å². The van der Waals surface area contributed by atoms with E-state index in [1.54, 1.807) is 30.9 Å². The molecule has 0 radical (unpaired) electrons. The van der Waals surface area contributed by atoms with Crippen LogP contribution in [0.5, 0.6) is 5.75 Å².